The molecule has 1 fully saturated rings. The van der Waals surface area contributed by atoms with E-state index in [0.29, 0.717) is 61.8 Å². The van der Waals surface area contributed by atoms with Gasteiger partial charge in [-0.1, -0.05) is 23.7 Å². The largest absolute Gasteiger partial charge is 0.481 e. The number of nitrogens with zero attached hydrogens (tertiary/aromatic N) is 3. The van der Waals surface area contributed by atoms with E-state index in [4.69, 9.17) is 11.6 Å². The maximum absolute atomic E-state index is 15.0. The zero-order chi connectivity index (χ0) is 24.0. The molecule has 2 aromatic heterocycles. The second-order valence-corrected chi connectivity index (χ2v) is 11.4. The molecule has 180 valence electrons. The minimum absolute atomic E-state index is 0.0287. The van der Waals surface area contributed by atoms with E-state index in [1.807, 2.05) is 32.6 Å². The molecule has 1 saturated heterocycles. The van der Waals surface area contributed by atoms with Gasteiger partial charge in [0.1, 0.15) is 5.82 Å². The summed E-state index contributed by atoms with van der Waals surface area (Å²) >= 11 is 7.61. The number of likely N-dealkylation sites (tertiary alicyclic amines) is 1. The lowest BCUT2D eigenvalue weighted by molar-refractivity contribution is -0.151. The third-order valence-corrected chi connectivity index (χ3v) is 8.57. The summed E-state index contributed by atoms with van der Waals surface area (Å²) in [5.74, 6) is -1.00. The van der Waals surface area contributed by atoms with Crippen LogP contribution in [0.5, 0.6) is 0 Å². The van der Waals surface area contributed by atoms with E-state index in [9.17, 15) is 19.1 Å². The van der Waals surface area contributed by atoms with Crippen LogP contribution in [0.2, 0.25) is 4.34 Å². The third-order valence-electron chi connectivity index (χ3n) is 7.36. The molecule has 9 heteroatoms. The van der Waals surface area contributed by atoms with Crippen LogP contribution in [0.1, 0.15) is 35.9 Å². The molecule has 2 aliphatic heterocycles. The van der Waals surface area contributed by atoms with E-state index >= 15 is 0 Å². The molecule has 3 aromatic rings. The van der Waals surface area contributed by atoms with Crippen LogP contribution in [0, 0.1) is 11.2 Å². The molecule has 0 unspecified atom stereocenters. The Bertz CT molecular complexity index is 1260. The fraction of sp³-hybridized carbons (Fsp3) is 0.440. The van der Waals surface area contributed by atoms with Gasteiger partial charge in [-0.15, -0.1) is 11.3 Å². The normalized spacial score (nSPS) is 18.3. The van der Waals surface area contributed by atoms with Gasteiger partial charge in [-0.25, -0.2) is 4.39 Å². The zero-order valence-corrected chi connectivity index (χ0v) is 20.6. The highest BCUT2D eigenvalue weighted by molar-refractivity contribution is 7.16. The number of carbonyl (C=O) groups is 2. The molecule has 0 bridgehead atoms. The second-order valence-electron chi connectivity index (χ2n) is 9.56. The number of hydrogen-bond acceptors (Lipinski definition) is 4. The number of piperidine rings is 1. The molecule has 1 amide bonds. The highest BCUT2D eigenvalue weighted by Gasteiger charge is 2.37. The van der Waals surface area contributed by atoms with Crippen molar-refractivity contribution < 1.29 is 19.1 Å². The van der Waals surface area contributed by atoms with Gasteiger partial charge in [0.15, 0.2) is 0 Å². The van der Waals surface area contributed by atoms with E-state index in [1.54, 1.807) is 13.0 Å². The summed E-state index contributed by atoms with van der Waals surface area (Å²) in [7, 11) is 0. The molecular weight excluding hydrogens is 477 g/mol. The number of amides is 1. The minimum Gasteiger partial charge on any atom is -0.481 e. The number of fused-ring (bicyclic) bond motifs is 3. The predicted molar refractivity (Wildman–Crippen MR) is 131 cm³/mol. The predicted octanol–water partition coefficient (Wildman–Crippen LogP) is 4.62. The Labute approximate surface area is 206 Å². The number of carbonyl (C=O) groups excluding carboxylic acids is 1. The highest BCUT2D eigenvalue weighted by Crippen LogP contribution is 2.35. The summed E-state index contributed by atoms with van der Waals surface area (Å²) in [6, 6.07) is 8.98. The summed E-state index contributed by atoms with van der Waals surface area (Å²) in [5.41, 5.74) is 1.95. The lowest BCUT2D eigenvalue weighted by atomic mass is 9.80. The molecule has 0 aliphatic carbocycles. The minimum atomic E-state index is -0.769. The number of carboxylic acids is 1. The number of aliphatic carboxylic acids is 1. The topological polar surface area (TPSA) is 65.8 Å². The molecule has 1 N–H and O–H groups in total. The van der Waals surface area contributed by atoms with Gasteiger partial charge in [0.2, 0.25) is 5.91 Å². The highest BCUT2D eigenvalue weighted by atomic mass is 35.5. The molecule has 0 atom stereocenters. The first-order valence-corrected chi connectivity index (χ1v) is 12.7. The van der Waals surface area contributed by atoms with E-state index < -0.39 is 11.4 Å². The summed E-state index contributed by atoms with van der Waals surface area (Å²) in [4.78, 5) is 29.6. The summed E-state index contributed by atoms with van der Waals surface area (Å²) in [6.45, 7) is 4.77. The Kier molecular flexibility index (Phi) is 6.16. The van der Waals surface area contributed by atoms with Gasteiger partial charge in [0.05, 0.1) is 34.9 Å². The van der Waals surface area contributed by atoms with Crippen molar-refractivity contribution in [1.82, 2.24) is 14.4 Å². The van der Waals surface area contributed by atoms with Crippen molar-refractivity contribution in [3.05, 3.63) is 56.6 Å². The van der Waals surface area contributed by atoms with Crippen LogP contribution in [0.15, 0.2) is 30.3 Å². The molecule has 34 heavy (non-hydrogen) atoms. The number of hydrogen-bond donors (Lipinski definition) is 1. The number of benzene rings is 1. The first-order valence-electron chi connectivity index (χ1n) is 11.5. The van der Waals surface area contributed by atoms with Crippen molar-refractivity contribution in [3.8, 4) is 0 Å². The first-order chi connectivity index (χ1) is 16.2. The zero-order valence-electron chi connectivity index (χ0n) is 19.0. The monoisotopic (exact) mass is 503 g/mol. The maximum atomic E-state index is 15.0. The molecule has 1 aromatic carbocycles. The van der Waals surface area contributed by atoms with Crippen molar-refractivity contribution in [1.29, 1.82) is 0 Å². The lowest BCUT2D eigenvalue weighted by Crippen LogP contribution is -2.48. The number of aromatic nitrogens is 1. The number of carboxylic acid groups (broad SMARTS) is 1. The van der Waals surface area contributed by atoms with Crippen molar-refractivity contribution in [2.24, 2.45) is 5.41 Å². The van der Waals surface area contributed by atoms with Crippen molar-refractivity contribution in [2.45, 2.75) is 39.3 Å². The Morgan fingerprint density at radius 1 is 1.18 bits per heavy atom. The van der Waals surface area contributed by atoms with E-state index in [1.165, 1.54) is 17.4 Å². The van der Waals surface area contributed by atoms with E-state index in [0.717, 1.165) is 21.5 Å². The number of rotatable bonds is 5. The van der Waals surface area contributed by atoms with Gasteiger partial charge in [-0.3, -0.25) is 14.5 Å². The Hall–Kier alpha value is -2.42. The maximum Gasteiger partial charge on any atom is 0.309 e. The summed E-state index contributed by atoms with van der Waals surface area (Å²) in [5, 5.41) is 10.4. The molecular formula is C25H27ClFN3O3S. The first kappa shape index (κ1) is 23.3. The molecule has 0 spiro atoms. The van der Waals surface area contributed by atoms with Gasteiger partial charge in [-0.05, 0) is 63.0 Å². The van der Waals surface area contributed by atoms with E-state index in [-0.39, 0.29) is 18.3 Å². The van der Waals surface area contributed by atoms with Crippen molar-refractivity contribution in [2.75, 3.05) is 26.2 Å². The Morgan fingerprint density at radius 3 is 2.62 bits per heavy atom. The van der Waals surface area contributed by atoms with Crippen LogP contribution in [-0.4, -0.2) is 57.5 Å². The molecule has 2 aliphatic rings. The fourth-order valence-electron chi connectivity index (χ4n) is 5.14. The summed E-state index contributed by atoms with van der Waals surface area (Å²) < 4.78 is 17.6. The van der Waals surface area contributed by atoms with Gasteiger partial charge >= 0.3 is 5.97 Å². The number of thiophene rings is 1. The number of halogens is 2. The van der Waals surface area contributed by atoms with E-state index in [2.05, 4.69) is 0 Å². The molecule has 6 nitrogen and oxygen atoms in total. The molecule has 5 rings (SSSR count). The van der Waals surface area contributed by atoms with Crippen molar-refractivity contribution in [3.63, 3.8) is 0 Å². The fourth-order valence-corrected chi connectivity index (χ4v) is 6.22. The second kappa shape index (κ2) is 8.98. The Balaban J connectivity index is 1.37. The van der Waals surface area contributed by atoms with Crippen LogP contribution in [0.4, 0.5) is 4.39 Å². The van der Waals surface area contributed by atoms with Crippen LogP contribution in [-0.2, 0) is 29.1 Å². The molecule has 0 saturated carbocycles. The average Bonchev–Trinajstić information content (AvgIpc) is 3.37. The third kappa shape index (κ3) is 4.23. The van der Waals surface area contributed by atoms with Gasteiger partial charge in [-0.2, -0.15) is 0 Å². The average molecular weight is 504 g/mol. The van der Waals surface area contributed by atoms with Crippen LogP contribution in [0.25, 0.3) is 10.9 Å². The van der Waals surface area contributed by atoms with Gasteiger partial charge in [0.25, 0.3) is 0 Å². The standard InChI is InChI=1S/C25H27ClFN3O3S/c1-25(24(32)33)8-11-28(12-9-25)15-22(31)29-10-7-17-18-3-2-4-19(27)23(18)30(20(17)14-29)13-16-5-6-21(26)34-16/h2-6H,7-15H2,1H3,(H,32,33). The van der Waals surface area contributed by atoms with Crippen LogP contribution in [0.3, 0.4) is 0 Å². The SMILES string of the molecule is CC1(C(=O)O)CCN(CC(=O)N2CCc3c(n(Cc4ccc(Cl)s4)c4c(F)cccc34)C2)CC1. The van der Waals surface area contributed by atoms with Crippen molar-refractivity contribution >= 4 is 45.7 Å². The molecule has 4 heterocycles. The Morgan fingerprint density at radius 2 is 1.94 bits per heavy atom. The lowest BCUT2D eigenvalue weighted by Gasteiger charge is -2.37. The van der Waals surface area contributed by atoms with Gasteiger partial charge < -0.3 is 14.6 Å². The van der Waals surface area contributed by atoms with Crippen LogP contribution < -0.4 is 0 Å². The van der Waals surface area contributed by atoms with Crippen LogP contribution >= 0.6 is 22.9 Å². The summed E-state index contributed by atoms with van der Waals surface area (Å²) in [6.07, 6.45) is 1.75. The number of para-hydroxylation sites is 1. The quantitative estimate of drug-likeness (QED) is 0.552. The molecule has 0 radical (unpaired) electrons. The smallest absolute Gasteiger partial charge is 0.309 e. The van der Waals surface area contributed by atoms with Gasteiger partial charge in [0, 0.05) is 22.5 Å².